The molecule has 2 rings (SSSR count). The molecule has 1 N–H and O–H groups in total. The van der Waals surface area contributed by atoms with E-state index in [9.17, 15) is 5.11 Å². The quantitative estimate of drug-likeness (QED) is 0.853. The van der Waals surface area contributed by atoms with Gasteiger partial charge in [-0.15, -0.1) is 0 Å². The Morgan fingerprint density at radius 3 is 2.33 bits per heavy atom. The van der Waals surface area contributed by atoms with Gasteiger partial charge in [0.1, 0.15) is 5.75 Å². The van der Waals surface area contributed by atoms with Gasteiger partial charge in [0.15, 0.2) is 0 Å². The Hall–Kier alpha value is -1.22. The van der Waals surface area contributed by atoms with E-state index in [1.165, 1.54) is 5.56 Å². The van der Waals surface area contributed by atoms with Gasteiger partial charge >= 0.3 is 0 Å². The molecule has 2 nitrogen and oxygen atoms in total. The average Bonchev–Trinajstić information content (AvgIpc) is 2.49. The number of halogens is 2. The number of hydrogen-bond acceptors (Lipinski definition) is 2. The largest absolute Gasteiger partial charge is 0.497 e. The Balaban J connectivity index is 2.05. The van der Waals surface area contributed by atoms with Gasteiger partial charge in [0.05, 0.1) is 7.11 Å². The maximum absolute atomic E-state index is 9.60. The Bertz CT molecular complexity index is 582. The number of benzene rings is 2. The Morgan fingerprint density at radius 2 is 1.76 bits per heavy atom. The smallest absolute Gasteiger partial charge is 0.118 e. The van der Waals surface area contributed by atoms with Crippen LogP contribution in [0.1, 0.15) is 11.1 Å². The van der Waals surface area contributed by atoms with E-state index in [1.54, 1.807) is 13.2 Å². The normalized spacial score (nSPS) is 12.2. The lowest BCUT2D eigenvalue weighted by atomic mass is 9.93. The predicted octanol–water partition coefficient (Wildman–Crippen LogP) is 4.40. The second-order valence-corrected chi connectivity index (χ2v) is 5.88. The van der Waals surface area contributed by atoms with E-state index in [4.69, 9.17) is 27.9 Å². The standard InChI is InChI=1S/C17H18Cl2O2/c1-21-16-6-2-12(3-7-16)8-13(11-20)9-14-4-5-15(18)10-17(14)19/h2-7,10,13,20H,8-9,11H2,1H3. The summed E-state index contributed by atoms with van der Waals surface area (Å²) in [6, 6.07) is 13.4. The molecule has 0 heterocycles. The topological polar surface area (TPSA) is 29.5 Å². The molecule has 0 aromatic heterocycles. The SMILES string of the molecule is COc1ccc(CC(CO)Cc2ccc(Cl)cc2Cl)cc1. The van der Waals surface area contributed by atoms with Gasteiger partial charge in [-0.2, -0.15) is 0 Å². The first-order valence-corrected chi connectivity index (χ1v) is 7.55. The van der Waals surface area contributed by atoms with Crippen LogP contribution < -0.4 is 4.74 Å². The van der Waals surface area contributed by atoms with Crippen molar-refractivity contribution in [3.8, 4) is 5.75 Å². The summed E-state index contributed by atoms with van der Waals surface area (Å²) in [6.07, 6.45) is 1.51. The van der Waals surface area contributed by atoms with Crippen LogP contribution in [0.4, 0.5) is 0 Å². The van der Waals surface area contributed by atoms with Crippen molar-refractivity contribution in [3.63, 3.8) is 0 Å². The van der Waals surface area contributed by atoms with Crippen LogP contribution in [0.2, 0.25) is 10.0 Å². The summed E-state index contributed by atoms with van der Waals surface area (Å²) in [7, 11) is 1.65. The van der Waals surface area contributed by atoms with E-state index in [1.807, 2.05) is 36.4 Å². The molecular weight excluding hydrogens is 307 g/mol. The lowest BCUT2D eigenvalue weighted by molar-refractivity contribution is 0.225. The van der Waals surface area contributed by atoms with Crippen molar-refractivity contribution in [2.75, 3.05) is 13.7 Å². The maximum atomic E-state index is 9.60. The van der Waals surface area contributed by atoms with Crippen molar-refractivity contribution in [2.45, 2.75) is 12.8 Å². The van der Waals surface area contributed by atoms with Gasteiger partial charge < -0.3 is 9.84 Å². The molecule has 0 aliphatic rings. The molecule has 0 radical (unpaired) electrons. The van der Waals surface area contributed by atoms with Crippen molar-refractivity contribution in [1.82, 2.24) is 0 Å². The molecule has 0 amide bonds. The van der Waals surface area contributed by atoms with Gasteiger partial charge in [-0.05, 0) is 54.2 Å². The fraction of sp³-hybridized carbons (Fsp3) is 0.294. The molecule has 4 heteroatoms. The zero-order valence-electron chi connectivity index (χ0n) is 11.9. The van der Waals surface area contributed by atoms with Crippen molar-refractivity contribution in [3.05, 3.63) is 63.6 Å². The maximum Gasteiger partial charge on any atom is 0.118 e. The van der Waals surface area contributed by atoms with Crippen molar-refractivity contribution in [1.29, 1.82) is 0 Å². The summed E-state index contributed by atoms with van der Waals surface area (Å²) in [6.45, 7) is 0.116. The summed E-state index contributed by atoms with van der Waals surface area (Å²) in [5.41, 5.74) is 2.17. The summed E-state index contributed by atoms with van der Waals surface area (Å²) in [5, 5.41) is 10.9. The van der Waals surface area contributed by atoms with Gasteiger partial charge in [0.25, 0.3) is 0 Å². The van der Waals surface area contributed by atoms with E-state index < -0.39 is 0 Å². The minimum absolute atomic E-state index is 0.116. The lowest BCUT2D eigenvalue weighted by Gasteiger charge is -2.15. The van der Waals surface area contributed by atoms with Crippen LogP contribution >= 0.6 is 23.2 Å². The molecule has 0 aliphatic carbocycles. The second-order valence-electron chi connectivity index (χ2n) is 5.04. The first-order chi connectivity index (χ1) is 10.1. The van der Waals surface area contributed by atoms with Gasteiger partial charge in [0.2, 0.25) is 0 Å². The van der Waals surface area contributed by atoms with E-state index in [2.05, 4.69) is 0 Å². The van der Waals surface area contributed by atoms with Crippen LogP contribution in [0.15, 0.2) is 42.5 Å². The highest BCUT2D eigenvalue weighted by molar-refractivity contribution is 6.35. The van der Waals surface area contributed by atoms with Crippen LogP contribution in [0.25, 0.3) is 0 Å². The zero-order chi connectivity index (χ0) is 15.2. The van der Waals surface area contributed by atoms with Crippen LogP contribution in [-0.2, 0) is 12.8 Å². The van der Waals surface area contributed by atoms with Crippen LogP contribution in [0.5, 0.6) is 5.75 Å². The highest BCUT2D eigenvalue weighted by atomic mass is 35.5. The predicted molar refractivity (Wildman–Crippen MR) is 87.4 cm³/mol. The fourth-order valence-corrected chi connectivity index (χ4v) is 2.78. The van der Waals surface area contributed by atoms with Gasteiger partial charge in [0, 0.05) is 16.7 Å². The van der Waals surface area contributed by atoms with E-state index >= 15 is 0 Å². The number of hydrogen-bond donors (Lipinski definition) is 1. The summed E-state index contributed by atoms with van der Waals surface area (Å²) >= 11 is 12.1. The number of methoxy groups -OCH3 is 1. The van der Waals surface area contributed by atoms with E-state index in [-0.39, 0.29) is 12.5 Å². The molecule has 0 spiro atoms. The van der Waals surface area contributed by atoms with Crippen LogP contribution in [0, 0.1) is 5.92 Å². The van der Waals surface area contributed by atoms with Crippen molar-refractivity contribution < 1.29 is 9.84 Å². The number of aliphatic hydroxyl groups is 1. The molecule has 2 aromatic rings. The number of ether oxygens (including phenoxy) is 1. The molecule has 21 heavy (non-hydrogen) atoms. The minimum Gasteiger partial charge on any atom is -0.497 e. The molecule has 0 aliphatic heterocycles. The summed E-state index contributed by atoms with van der Waals surface area (Å²) in [5.74, 6) is 0.956. The highest BCUT2D eigenvalue weighted by Gasteiger charge is 2.12. The Morgan fingerprint density at radius 1 is 1.05 bits per heavy atom. The Labute approximate surface area is 135 Å². The van der Waals surface area contributed by atoms with Gasteiger partial charge in [-0.3, -0.25) is 0 Å². The monoisotopic (exact) mass is 324 g/mol. The van der Waals surface area contributed by atoms with Crippen LogP contribution in [-0.4, -0.2) is 18.8 Å². The van der Waals surface area contributed by atoms with E-state index in [0.717, 1.165) is 24.2 Å². The molecule has 2 aromatic carbocycles. The fourth-order valence-electron chi connectivity index (χ4n) is 2.29. The molecule has 0 saturated heterocycles. The van der Waals surface area contributed by atoms with E-state index in [0.29, 0.717) is 10.0 Å². The Kier molecular flexibility index (Phi) is 5.92. The summed E-state index contributed by atoms with van der Waals surface area (Å²) in [4.78, 5) is 0. The molecule has 0 bridgehead atoms. The number of aliphatic hydroxyl groups excluding tert-OH is 1. The third kappa shape index (κ3) is 4.63. The molecule has 112 valence electrons. The van der Waals surface area contributed by atoms with Crippen molar-refractivity contribution >= 4 is 23.2 Å². The third-order valence-electron chi connectivity index (χ3n) is 3.47. The highest BCUT2D eigenvalue weighted by Crippen LogP contribution is 2.25. The first-order valence-electron chi connectivity index (χ1n) is 6.80. The molecule has 0 saturated carbocycles. The van der Waals surface area contributed by atoms with Crippen LogP contribution in [0.3, 0.4) is 0 Å². The van der Waals surface area contributed by atoms with Crippen molar-refractivity contribution in [2.24, 2.45) is 5.92 Å². The second kappa shape index (κ2) is 7.69. The molecule has 0 fully saturated rings. The molecule has 1 unspecified atom stereocenters. The zero-order valence-corrected chi connectivity index (χ0v) is 13.4. The summed E-state index contributed by atoms with van der Waals surface area (Å²) < 4.78 is 5.14. The minimum atomic E-state index is 0.116. The first kappa shape index (κ1) is 16.2. The van der Waals surface area contributed by atoms with Gasteiger partial charge in [-0.25, -0.2) is 0 Å². The van der Waals surface area contributed by atoms with Gasteiger partial charge in [-0.1, -0.05) is 41.4 Å². The third-order valence-corrected chi connectivity index (χ3v) is 4.05. The number of rotatable bonds is 6. The molecular formula is C17H18Cl2O2. The lowest BCUT2D eigenvalue weighted by Crippen LogP contribution is -2.13. The molecule has 1 atom stereocenters. The average molecular weight is 325 g/mol.